The van der Waals surface area contributed by atoms with Crippen molar-refractivity contribution in [1.29, 1.82) is 0 Å². The van der Waals surface area contributed by atoms with Gasteiger partial charge in [-0.05, 0) is 24.7 Å². The summed E-state index contributed by atoms with van der Waals surface area (Å²) in [5.41, 5.74) is 0.434. The minimum atomic E-state index is -0.343. The summed E-state index contributed by atoms with van der Waals surface area (Å²) >= 11 is 0. The molecule has 0 aromatic carbocycles. The molecule has 0 bridgehead atoms. The van der Waals surface area contributed by atoms with E-state index in [1.165, 1.54) is 25.3 Å². The summed E-state index contributed by atoms with van der Waals surface area (Å²) in [6.45, 7) is 10.1. The van der Waals surface area contributed by atoms with Gasteiger partial charge in [-0.1, -0.05) is 46.3 Å². The zero-order valence-electron chi connectivity index (χ0n) is 10.8. The molecule has 0 aromatic heterocycles. The molecule has 0 unspecified atom stereocenters. The summed E-state index contributed by atoms with van der Waals surface area (Å²) in [6, 6.07) is 0. The van der Waals surface area contributed by atoms with Crippen molar-refractivity contribution in [3.8, 4) is 0 Å². The number of allylic oxidation sites excluding steroid dienone is 1. The third-order valence-corrected chi connectivity index (χ3v) is 2.25. The zero-order valence-corrected chi connectivity index (χ0v) is 10.8. The van der Waals surface area contributed by atoms with Crippen LogP contribution in [0.15, 0.2) is 25.0 Å². The lowest BCUT2D eigenvalue weighted by atomic mass is 9.89. The average molecular weight is 224 g/mol. The molecule has 16 heavy (non-hydrogen) atoms. The smallest absolute Gasteiger partial charge is 0.335 e. The zero-order chi connectivity index (χ0) is 12.4. The molecule has 2 nitrogen and oxygen atoms in total. The summed E-state index contributed by atoms with van der Waals surface area (Å²) < 4.78 is 4.55. The minimum absolute atomic E-state index is 0.343. The fourth-order valence-electron chi connectivity index (χ4n) is 1.40. The molecule has 0 rings (SSSR count). The van der Waals surface area contributed by atoms with Crippen LogP contribution in [0, 0.1) is 5.41 Å². The van der Waals surface area contributed by atoms with Crippen LogP contribution in [0.1, 0.15) is 52.9 Å². The molecule has 0 atom stereocenters. The third kappa shape index (κ3) is 11.0. The quantitative estimate of drug-likeness (QED) is 0.280. The van der Waals surface area contributed by atoms with Crippen LogP contribution >= 0.6 is 0 Å². The predicted octanol–water partition coefficient (Wildman–Crippen LogP) is 4.23. The lowest BCUT2D eigenvalue weighted by Gasteiger charge is -2.17. The number of ether oxygens (including phenoxy) is 1. The second kappa shape index (κ2) is 8.14. The van der Waals surface area contributed by atoms with Gasteiger partial charge in [-0.25, -0.2) is 4.79 Å². The highest BCUT2D eigenvalue weighted by atomic mass is 16.5. The summed E-state index contributed by atoms with van der Waals surface area (Å²) in [5, 5.41) is 0. The number of hydrogen-bond donors (Lipinski definition) is 0. The Kier molecular flexibility index (Phi) is 7.61. The molecule has 0 aliphatic rings. The highest BCUT2D eigenvalue weighted by Gasteiger charge is 2.08. The lowest BCUT2D eigenvalue weighted by Crippen LogP contribution is -2.03. The van der Waals surface area contributed by atoms with Crippen molar-refractivity contribution in [2.45, 2.75) is 52.9 Å². The summed E-state index contributed by atoms with van der Waals surface area (Å²) in [4.78, 5) is 10.9. The van der Waals surface area contributed by atoms with Crippen LogP contribution in [-0.2, 0) is 9.53 Å². The van der Waals surface area contributed by atoms with Gasteiger partial charge in [0.15, 0.2) is 0 Å². The lowest BCUT2D eigenvalue weighted by molar-refractivity contribution is -0.132. The van der Waals surface area contributed by atoms with Crippen LogP contribution in [-0.4, -0.2) is 5.97 Å². The van der Waals surface area contributed by atoms with Gasteiger partial charge < -0.3 is 4.74 Å². The van der Waals surface area contributed by atoms with E-state index in [1.54, 1.807) is 0 Å². The normalized spacial score (nSPS) is 11.7. The fourth-order valence-corrected chi connectivity index (χ4v) is 1.40. The topological polar surface area (TPSA) is 26.3 Å². The maximum absolute atomic E-state index is 10.9. The van der Waals surface area contributed by atoms with Crippen LogP contribution in [0.2, 0.25) is 0 Å². The van der Waals surface area contributed by atoms with Gasteiger partial charge in [0.2, 0.25) is 0 Å². The number of carbonyl (C=O) groups excluding carboxylic acids is 1. The Balaban J connectivity index is 3.40. The van der Waals surface area contributed by atoms with Gasteiger partial charge in [-0.3, -0.25) is 0 Å². The van der Waals surface area contributed by atoms with Gasteiger partial charge in [-0.2, -0.15) is 0 Å². The highest BCUT2D eigenvalue weighted by Crippen LogP contribution is 2.22. The number of hydrogen-bond acceptors (Lipinski definition) is 2. The molecule has 0 amide bonds. The predicted molar refractivity (Wildman–Crippen MR) is 68.0 cm³/mol. The van der Waals surface area contributed by atoms with Gasteiger partial charge in [0.05, 0.1) is 6.26 Å². The van der Waals surface area contributed by atoms with Crippen LogP contribution in [0.4, 0.5) is 0 Å². The van der Waals surface area contributed by atoms with Crippen LogP contribution in [0.5, 0.6) is 0 Å². The summed E-state index contributed by atoms with van der Waals surface area (Å²) in [5.74, 6) is -0.343. The SMILES string of the molecule is C=COC(=O)C=CCCCCCC(C)(C)C. The molecule has 0 radical (unpaired) electrons. The van der Waals surface area contributed by atoms with Crippen molar-refractivity contribution >= 4 is 5.97 Å². The molecule has 0 saturated carbocycles. The first-order valence-electron chi connectivity index (χ1n) is 5.94. The maximum atomic E-state index is 10.9. The minimum Gasteiger partial charge on any atom is -0.432 e. The van der Waals surface area contributed by atoms with Gasteiger partial charge in [0.1, 0.15) is 0 Å². The Bertz CT molecular complexity index is 234. The van der Waals surface area contributed by atoms with Crippen molar-refractivity contribution in [2.75, 3.05) is 0 Å². The highest BCUT2D eigenvalue weighted by molar-refractivity contribution is 5.82. The Labute approximate surface area is 99.4 Å². The van der Waals surface area contributed by atoms with Crippen LogP contribution < -0.4 is 0 Å². The standard InChI is InChI=1S/C14H24O2/c1-5-16-13(15)11-9-7-6-8-10-12-14(2,3)4/h5,9,11H,1,6-8,10,12H2,2-4H3. The number of esters is 1. The van der Waals surface area contributed by atoms with E-state index in [-0.39, 0.29) is 5.97 Å². The van der Waals surface area contributed by atoms with Gasteiger partial charge in [-0.15, -0.1) is 0 Å². The Morgan fingerprint density at radius 2 is 1.94 bits per heavy atom. The largest absolute Gasteiger partial charge is 0.432 e. The number of carbonyl (C=O) groups is 1. The Hall–Kier alpha value is -1.05. The molecule has 0 spiro atoms. The maximum Gasteiger partial charge on any atom is 0.335 e. The number of rotatable bonds is 7. The van der Waals surface area contributed by atoms with Crippen molar-refractivity contribution in [3.05, 3.63) is 25.0 Å². The summed E-state index contributed by atoms with van der Waals surface area (Å²) in [6.07, 6.45) is 10.3. The first-order chi connectivity index (χ1) is 7.45. The van der Waals surface area contributed by atoms with E-state index < -0.39 is 0 Å². The molecule has 0 aromatic rings. The third-order valence-electron chi connectivity index (χ3n) is 2.25. The van der Waals surface area contributed by atoms with Gasteiger partial charge in [0.25, 0.3) is 0 Å². The van der Waals surface area contributed by atoms with E-state index in [9.17, 15) is 4.79 Å². The second-order valence-corrected chi connectivity index (χ2v) is 5.17. The summed E-state index contributed by atoms with van der Waals surface area (Å²) in [7, 11) is 0. The second-order valence-electron chi connectivity index (χ2n) is 5.17. The molecular formula is C14H24O2. The van der Waals surface area contributed by atoms with Gasteiger partial charge >= 0.3 is 5.97 Å². The molecular weight excluding hydrogens is 200 g/mol. The first-order valence-corrected chi connectivity index (χ1v) is 5.94. The van der Waals surface area contributed by atoms with E-state index >= 15 is 0 Å². The molecule has 0 heterocycles. The van der Waals surface area contributed by atoms with E-state index in [1.807, 2.05) is 6.08 Å². The molecule has 0 saturated heterocycles. The average Bonchev–Trinajstić information content (AvgIpc) is 2.15. The van der Waals surface area contributed by atoms with Crippen molar-refractivity contribution in [1.82, 2.24) is 0 Å². The Morgan fingerprint density at radius 1 is 1.25 bits per heavy atom. The van der Waals surface area contributed by atoms with Crippen molar-refractivity contribution in [2.24, 2.45) is 5.41 Å². The number of unbranched alkanes of at least 4 members (excludes halogenated alkanes) is 3. The fraction of sp³-hybridized carbons (Fsp3) is 0.643. The van der Waals surface area contributed by atoms with E-state index in [0.29, 0.717) is 5.41 Å². The monoisotopic (exact) mass is 224 g/mol. The van der Waals surface area contributed by atoms with Crippen LogP contribution in [0.3, 0.4) is 0 Å². The molecule has 0 fully saturated rings. The molecule has 0 aliphatic carbocycles. The molecule has 0 N–H and O–H groups in total. The van der Waals surface area contributed by atoms with E-state index in [4.69, 9.17) is 0 Å². The van der Waals surface area contributed by atoms with Crippen LogP contribution in [0.25, 0.3) is 0 Å². The van der Waals surface area contributed by atoms with Crippen molar-refractivity contribution < 1.29 is 9.53 Å². The van der Waals surface area contributed by atoms with Crippen molar-refractivity contribution in [3.63, 3.8) is 0 Å². The van der Waals surface area contributed by atoms with E-state index in [2.05, 4.69) is 32.1 Å². The molecule has 92 valence electrons. The van der Waals surface area contributed by atoms with E-state index in [0.717, 1.165) is 19.1 Å². The molecule has 0 aliphatic heterocycles. The first kappa shape index (κ1) is 14.9. The van der Waals surface area contributed by atoms with Gasteiger partial charge in [0, 0.05) is 6.08 Å². The Morgan fingerprint density at radius 3 is 2.50 bits per heavy atom. The molecule has 2 heteroatoms.